The molecule has 1 fully saturated rings. The van der Waals surface area contributed by atoms with E-state index in [1.807, 2.05) is 36.4 Å². The van der Waals surface area contributed by atoms with Gasteiger partial charge in [-0.05, 0) is 5.54 Å². The lowest BCUT2D eigenvalue weighted by Crippen LogP contribution is -2.33. The first-order chi connectivity index (χ1) is 7.13. The van der Waals surface area contributed by atoms with Gasteiger partial charge in [0.2, 0.25) is 0 Å². The first-order valence-corrected chi connectivity index (χ1v) is 9.41. The molecule has 0 nitrogen and oxygen atoms in total. The summed E-state index contributed by atoms with van der Waals surface area (Å²) >= 11 is 0. The molecule has 1 aromatic carbocycles. The van der Waals surface area contributed by atoms with Crippen molar-refractivity contribution in [1.82, 2.24) is 0 Å². The van der Waals surface area contributed by atoms with E-state index in [1.54, 1.807) is 6.04 Å². The van der Waals surface area contributed by atoms with Crippen LogP contribution in [0.4, 0.5) is 0 Å². The monoisotopic (exact) mass is 220 g/mol. The second kappa shape index (κ2) is 6.11. The molecule has 0 saturated carbocycles. The molecule has 15 heavy (non-hydrogen) atoms. The lowest BCUT2D eigenvalue weighted by molar-refractivity contribution is 0.635. The van der Waals surface area contributed by atoms with Crippen LogP contribution < -0.4 is 0 Å². The van der Waals surface area contributed by atoms with Crippen molar-refractivity contribution in [3.05, 3.63) is 36.4 Å². The quantitative estimate of drug-likeness (QED) is 0.542. The molecule has 1 atom stereocenters. The van der Waals surface area contributed by atoms with E-state index < -0.39 is 8.07 Å². The van der Waals surface area contributed by atoms with Crippen LogP contribution in [-0.4, -0.2) is 8.07 Å². The summed E-state index contributed by atoms with van der Waals surface area (Å²) in [6, 6.07) is 13.6. The molecular weight excluding hydrogens is 196 g/mol. The molecular formula is C14H24Si. The van der Waals surface area contributed by atoms with Crippen LogP contribution in [0.3, 0.4) is 0 Å². The van der Waals surface area contributed by atoms with Crippen molar-refractivity contribution >= 4 is 8.07 Å². The van der Waals surface area contributed by atoms with Crippen molar-refractivity contribution in [2.75, 3.05) is 0 Å². The Morgan fingerprint density at radius 3 is 1.60 bits per heavy atom. The van der Waals surface area contributed by atoms with Gasteiger partial charge in [0, 0.05) is 0 Å². The summed E-state index contributed by atoms with van der Waals surface area (Å²) < 4.78 is 0. The molecule has 0 aliphatic carbocycles. The average Bonchev–Trinajstić information content (AvgIpc) is 2.26. The van der Waals surface area contributed by atoms with Gasteiger partial charge in [0.1, 0.15) is 0 Å². The molecule has 1 aliphatic heterocycles. The van der Waals surface area contributed by atoms with Gasteiger partial charge in [0.15, 0.2) is 0 Å². The second-order valence-corrected chi connectivity index (χ2v) is 10.8. The molecule has 0 spiro atoms. The maximum Gasteiger partial charge on any atom is 0.0502 e. The third kappa shape index (κ3) is 4.65. The Labute approximate surface area is 95.7 Å². The number of hydrogen-bond acceptors (Lipinski definition) is 0. The predicted molar refractivity (Wildman–Crippen MR) is 72.0 cm³/mol. The maximum atomic E-state index is 2.54. The highest BCUT2D eigenvalue weighted by molar-refractivity contribution is 6.78. The van der Waals surface area contributed by atoms with Crippen LogP contribution in [0.1, 0.15) is 26.2 Å². The number of hydrogen-bond donors (Lipinski definition) is 0. The number of rotatable bonds is 0. The largest absolute Gasteiger partial charge is 0.0692 e. The van der Waals surface area contributed by atoms with Crippen molar-refractivity contribution in [2.45, 2.75) is 50.9 Å². The van der Waals surface area contributed by atoms with E-state index in [4.69, 9.17) is 0 Å². The van der Waals surface area contributed by atoms with Gasteiger partial charge in [-0.2, -0.15) is 0 Å². The zero-order valence-corrected chi connectivity index (χ0v) is 11.4. The normalized spacial score (nSPS) is 23.8. The first-order valence-electron chi connectivity index (χ1n) is 6.13. The standard InChI is InChI=1S/C8H18Si.C6H6/c1-8-6-4-5-7-9(8,2)3;1-2-4-6-5-3-1/h8H,4-7H2,1-3H3;1-6H. The summed E-state index contributed by atoms with van der Waals surface area (Å²) in [6.07, 6.45) is 4.53. The maximum absolute atomic E-state index is 2.54. The molecule has 0 N–H and O–H groups in total. The third-order valence-electron chi connectivity index (χ3n) is 3.71. The molecule has 84 valence electrons. The molecule has 2 rings (SSSR count). The molecule has 0 amide bonds. The van der Waals surface area contributed by atoms with Gasteiger partial charge in [-0.15, -0.1) is 0 Å². The molecule has 0 aromatic heterocycles. The van der Waals surface area contributed by atoms with Crippen molar-refractivity contribution in [3.8, 4) is 0 Å². The first kappa shape index (κ1) is 12.5. The summed E-state index contributed by atoms with van der Waals surface area (Å²) in [6.45, 7) is 7.53. The highest BCUT2D eigenvalue weighted by Crippen LogP contribution is 2.36. The zero-order valence-electron chi connectivity index (χ0n) is 10.4. The smallest absolute Gasteiger partial charge is 0.0502 e. The lowest BCUT2D eigenvalue weighted by atomic mass is 10.2. The van der Waals surface area contributed by atoms with Gasteiger partial charge in [-0.1, -0.05) is 81.7 Å². The fourth-order valence-corrected chi connectivity index (χ4v) is 4.69. The minimum Gasteiger partial charge on any atom is -0.0692 e. The van der Waals surface area contributed by atoms with Gasteiger partial charge in [-0.25, -0.2) is 0 Å². The van der Waals surface area contributed by atoms with Crippen LogP contribution in [0.5, 0.6) is 0 Å². The van der Waals surface area contributed by atoms with E-state index in [0.717, 1.165) is 5.54 Å². The highest BCUT2D eigenvalue weighted by Gasteiger charge is 2.30. The highest BCUT2D eigenvalue weighted by atomic mass is 28.3. The predicted octanol–water partition coefficient (Wildman–Crippen LogP) is 4.96. The van der Waals surface area contributed by atoms with Crippen LogP contribution in [0.15, 0.2) is 36.4 Å². The fraction of sp³-hybridized carbons (Fsp3) is 0.571. The third-order valence-corrected chi connectivity index (χ3v) is 8.31. The molecule has 1 unspecified atom stereocenters. The van der Waals surface area contributed by atoms with Crippen molar-refractivity contribution in [2.24, 2.45) is 0 Å². The molecule has 0 bridgehead atoms. The van der Waals surface area contributed by atoms with Crippen molar-refractivity contribution in [1.29, 1.82) is 0 Å². The van der Waals surface area contributed by atoms with E-state index in [9.17, 15) is 0 Å². The summed E-state index contributed by atoms with van der Waals surface area (Å²) in [7, 11) is -0.694. The van der Waals surface area contributed by atoms with E-state index in [2.05, 4.69) is 20.0 Å². The minimum atomic E-state index is -0.694. The van der Waals surface area contributed by atoms with Crippen LogP contribution in [-0.2, 0) is 0 Å². The zero-order chi connectivity index (χ0) is 11.1. The molecule has 1 saturated heterocycles. The summed E-state index contributed by atoms with van der Waals surface area (Å²) in [5, 5.41) is 0. The SMILES string of the molecule is CC1CCCC[Si]1(C)C.c1ccccc1. The van der Waals surface area contributed by atoms with E-state index in [1.165, 1.54) is 19.3 Å². The lowest BCUT2D eigenvalue weighted by Gasteiger charge is -2.34. The van der Waals surface area contributed by atoms with Gasteiger partial charge >= 0.3 is 0 Å². The van der Waals surface area contributed by atoms with Crippen LogP contribution in [0, 0.1) is 0 Å². The summed E-state index contributed by atoms with van der Waals surface area (Å²) in [5.74, 6) is 0. The fourth-order valence-electron chi connectivity index (χ4n) is 2.05. The minimum absolute atomic E-state index is 0.694. The second-order valence-electron chi connectivity index (χ2n) is 5.29. The molecule has 0 radical (unpaired) electrons. The molecule has 1 aromatic rings. The van der Waals surface area contributed by atoms with E-state index in [0.29, 0.717) is 0 Å². The van der Waals surface area contributed by atoms with Crippen LogP contribution >= 0.6 is 0 Å². The van der Waals surface area contributed by atoms with Gasteiger partial charge in [0.25, 0.3) is 0 Å². The molecule has 1 heterocycles. The Bertz CT molecular complexity index is 227. The van der Waals surface area contributed by atoms with Gasteiger partial charge in [-0.3, -0.25) is 0 Å². The van der Waals surface area contributed by atoms with Crippen LogP contribution in [0.25, 0.3) is 0 Å². The van der Waals surface area contributed by atoms with Crippen molar-refractivity contribution < 1.29 is 0 Å². The summed E-state index contributed by atoms with van der Waals surface area (Å²) in [5.41, 5.74) is 1.09. The Morgan fingerprint density at radius 1 is 0.867 bits per heavy atom. The van der Waals surface area contributed by atoms with Gasteiger partial charge in [0.05, 0.1) is 8.07 Å². The van der Waals surface area contributed by atoms with E-state index in [-0.39, 0.29) is 0 Å². The topological polar surface area (TPSA) is 0 Å². The number of benzene rings is 1. The Balaban J connectivity index is 0.000000162. The average molecular weight is 220 g/mol. The summed E-state index contributed by atoms with van der Waals surface area (Å²) in [4.78, 5) is 0. The van der Waals surface area contributed by atoms with Gasteiger partial charge < -0.3 is 0 Å². The Kier molecular flexibility index (Phi) is 5.10. The molecule has 1 aliphatic rings. The Morgan fingerprint density at radius 2 is 1.33 bits per heavy atom. The Hall–Kier alpha value is -0.563. The molecule has 1 heteroatoms. The van der Waals surface area contributed by atoms with E-state index >= 15 is 0 Å². The van der Waals surface area contributed by atoms with Crippen LogP contribution in [0.2, 0.25) is 24.7 Å². The van der Waals surface area contributed by atoms with Crippen molar-refractivity contribution in [3.63, 3.8) is 0 Å².